The second kappa shape index (κ2) is 6.52. The van der Waals surface area contributed by atoms with Crippen LogP contribution < -0.4 is 0 Å². The molecule has 2 aromatic heterocycles. The first kappa shape index (κ1) is 15.0. The predicted octanol–water partition coefficient (Wildman–Crippen LogP) is 3.01. The fourth-order valence-corrected chi connectivity index (χ4v) is 3.36. The van der Waals surface area contributed by atoms with Crippen LogP contribution in [-0.4, -0.2) is 33.3 Å². The van der Waals surface area contributed by atoms with Crippen molar-refractivity contribution in [3.05, 3.63) is 53.8 Å². The molecule has 4 rings (SSSR count). The van der Waals surface area contributed by atoms with Gasteiger partial charge in [-0.3, -0.25) is 4.79 Å². The molecule has 6 nitrogen and oxygen atoms in total. The third kappa shape index (κ3) is 3.07. The number of nitrogens with zero attached hydrogens (tertiary/aromatic N) is 3. The number of rotatable bonds is 4. The summed E-state index contributed by atoms with van der Waals surface area (Å²) >= 11 is 1.25. The third-order valence-corrected chi connectivity index (χ3v) is 4.74. The van der Waals surface area contributed by atoms with Gasteiger partial charge in [0.2, 0.25) is 5.91 Å². The standard InChI is InChI=1S/C17H15N3O3S/c21-15(20-8-7-12-4-1-2-5-13(12)10-20)11-24-17-19-18-16(23-17)14-6-3-9-22-14/h1-6,9H,7-8,10-11H2. The van der Waals surface area contributed by atoms with Gasteiger partial charge in [0.05, 0.1) is 12.0 Å². The van der Waals surface area contributed by atoms with Crippen molar-refractivity contribution < 1.29 is 13.6 Å². The van der Waals surface area contributed by atoms with Gasteiger partial charge in [0.15, 0.2) is 5.76 Å². The molecule has 0 atom stereocenters. The molecule has 1 amide bonds. The van der Waals surface area contributed by atoms with Crippen LogP contribution in [0.5, 0.6) is 0 Å². The first-order chi connectivity index (χ1) is 11.8. The number of carbonyl (C=O) groups is 1. The summed E-state index contributed by atoms with van der Waals surface area (Å²) in [6.45, 7) is 1.41. The number of thioether (sulfide) groups is 1. The maximum atomic E-state index is 12.4. The van der Waals surface area contributed by atoms with Crippen LogP contribution in [0.25, 0.3) is 11.7 Å². The van der Waals surface area contributed by atoms with Crippen LogP contribution >= 0.6 is 11.8 Å². The summed E-state index contributed by atoms with van der Waals surface area (Å²) in [5.41, 5.74) is 2.55. The van der Waals surface area contributed by atoms with E-state index in [1.165, 1.54) is 22.9 Å². The second-order valence-electron chi connectivity index (χ2n) is 5.47. The van der Waals surface area contributed by atoms with E-state index < -0.39 is 0 Å². The van der Waals surface area contributed by atoms with Crippen molar-refractivity contribution in [2.24, 2.45) is 0 Å². The molecular weight excluding hydrogens is 326 g/mol. The molecule has 1 aliphatic rings. The van der Waals surface area contributed by atoms with Crippen molar-refractivity contribution >= 4 is 17.7 Å². The van der Waals surface area contributed by atoms with Crippen molar-refractivity contribution in [3.8, 4) is 11.7 Å². The Morgan fingerprint density at radius 3 is 2.88 bits per heavy atom. The largest absolute Gasteiger partial charge is 0.459 e. The van der Waals surface area contributed by atoms with Crippen LogP contribution in [0.15, 0.2) is 56.7 Å². The van der Waals surface area contributed by atoms with Crippen molar-refractivity contribution in [2.45, 2.75) is 18.2 Å². The van der Waals surface area contributed by atoms with Gasteiger partial charge in [0.1, 0.15) is 0 Å². The summed E-state index contributed by atoms with van der Waals surface area (Å²) in [4.78, 5) is 14.3. The Morgan fingerprint density at radius 2 is 2.04 bits per heavy atom. The maximum absolute atomic E-state index is 12.4. The fraction of sp³-hybridized carbons (Fsp3) is 0.235. The van der Waals surface area contributed by atoms with Gasteiger partial charge in [-0.2, -0.15) is 0 Å². The number of hydrogen-bond donors (Lipinski definition) is 0. The molecule has 24 heavy (non-hydrogen) atoms. The lowest BCUT2D eigenvalue weighted by atomic mass is 10.00. The molecule has 3 aromatic rings. The average Bonchev–Trinajstić information content (AvgIpc) is 3.30. The van der Waals surface area contributed by atoms with Crippen LogP contribution in [0, 0.1) is 0 Å². The van der Waals surface area contributed by atoms with E-state index in [1.807, 2.05) is 17.0 Å². The highest BCUT2D eigenvalue weighted by atomic mass is 32.2. The summed E-state index contributed by atoms with van der Waals surface area (Å²) < 4.78 is 10.7. The Labute approximate surface area is 142 Å². The predicted molar refractivity (Wildman–Crippen MR) is 88.3 cm³/mol. The van der Waals surface area contributed by atoms with Crippen LogP contribution in [0.4, 0.5) is 0 Å². The fourth-order valence-electron chi connectivity index (χ4n) is 2.69. The zero-order valence-corrected chi connectivity index (χ0v) is 13.7. The molecule has 0 spiro atoms. The van der Waals surface area contributed by atoms with Gasteiger partial charge in [-0.05, 0) is 29.7 Å². The molecule has 1 aliphatic heterocycles. The molecule has 0 fully saturated rings. The number of furan rings is 1. The first-order valence-corrected chi connectivity index (χ1v) is 8.63. The zero-order valence-electron chi connectivity index (χ0n) is 12.8. The minimum absolute atomic E-state index is 0.0762. The SMILES string of the molecule is O=C(CSc1nnc(-c2ccco2)o1)N1CCc2ccccc2C1. The van der Waals surface area contributed by atoms with E-state index in [-0.39, 0.29) is 11.7 Å². The molecule has 122 valence electrons. The van der Waals surface area contributed by atoms with Crippen LogP contribution in [0.2, 0.25) is 0 Å². The zero-order chi connectivity index (χ0) is 16.4. The molecule has 0 unspecified atom stereocenters. The van der Waals surface area contributed by atoms with Crippen molar-refractivity contribution in [2.75, 3.05) is 12.3 Å². The molecule has 0 radical (unpaired) electrons. The van der Waals surface area contributed by atoms with Gasteiger partial charge < -0.3 is 13.7 Å². The molecular formula is C17H15N3O3S. The Balaban J connectivity index is 1.36. The number of fused-ring (bicyclic) bond motifs is 1. The Hall–Kier alpha value is -2.54. The second-order valence-corrected chi connectivity index (χ2v) is 6.40. The topological polar surface area (TPSA) is 72.4 Å². The van der Waals surface area contributed by atoms with Gasteiger partial charge in [0, 0.05) is 13.1 Å². The lowest BCUT2D eigenvalue weighted by Gasteiger charge is -2.28. The van der Waals surface area contributed by atoms with Gasteiger partial charge in [-0.1, -0.05) is 36.0 Å². The number of benzene rings is 1. The maximum Gasteiger partial charge on any atom is 0.284 e. The summed E-state index contributed by atoms with van der Waals surface area (Å²) in [5, 5.41) is 8.23. The lowest BCUT2D eigenvalue weighted by Crippen LogP contribution is -2.37. The smallest absolute Gasteiger partial charge is 0.284 e. The number of aromatic nitrogens is 2. The Kier molecular flexibility index (Phi) is 4.08. The summed E-state index contributed by atoms with van der Waals surface area (Å²) in [5.74, 6) is 1.20. The van der Waals surface area contributed by atoms with Gasteiger partial charge in [0.25, 0.3) is 11.1 Å². The Morgan fingerprint density at radius 1 is 1.17 bits per heavy atom. The van der Waals surface area contributed by atoms with Crippen molar-refractivity contribution in [3.63, 3.8) is 0 Å². The molecule has 7 heteroatoms. The summed E-state index contributed by atoms with van der Waals surface area (Å²) in [7, 11) is 0. The van der Waals surface area contributed by atoms with Gasteiger partial charge >= 0.3 is 0 Å². The highest BCUT2D eigenvalue weighted by molar-refractivity contribution is 7.99. The lowest BCUT2D eigenvalue weighted by molar-refractivity contribution is -0.129. The molecule has 3 heterocycles. The van der Waals surface area contributed by atoms with Gasteiger partial charge in [-0.15, -0.1) is 10.2 Å². The molecule has 0 N–H and O–H groups in total. The highest BCUT2D eigenvalue weighted by Gasteiger charge is 2.21. The van der Waals surface area contributed by atoms with Crippen molar-refractivity contribution in [1.29, 1.82) is 0 Å². The van der Waals surface area contributed by atoms with Crippen LogP contribution in [-0.2, 0) is 17.8 Å². The molecule has 0 aliphatic carbocycles. The number of carbonyl (C=O) groups excluding carboxylic acids is 1. The minimum atomic E-state index is 0.0762. The van der Waals surface area contributed by atoms with E-state index in [0.717, 1.165) is 13.0 Å². The molecule has 0 saturated carbocycles. The van der Waals surface area contributed by atoms with E-state index in [0.29, 0.717) is 23.4 Å². The average molecular weight is 341 g/mol. The van der Waals surface area contributed by atoms with Crippen LogP contribution in [0.3, 0.4) is 0 Å². The van der Waals surface area contributed by atoms with E-state index in [2.05, 4.69) is 22.3 Å². The minimum Gasteiger partial charge on any atom is -0.459 e. The monoisotopic (exact) mass is 341 g/mol. The highest BCUT2D eigenvalue weighted by Crippen LogP contribution is 2.24. The summed E-state index contributed by atoms with van der Waals surface area (Å²) in [6, 6.07) is 11.8. The van der Waals surface area contributed by atoms with E-state index >= 15 is 0 Å². The molecule has 0 bridgehead atoms. The molecule has 0 saturated heterocycles. The first-order valence-electron chi connectivity index (χ1n) is 7.64. The number of hydrogen-bond acceptors (Lipinski definition) is 6. The van der Waals surface area contributed by atoms with E-state index in [1.54, 1.807) is 18.4 Å². The third-order valence-electron chi connectivity index (χ3n) is 3.94. The van der Waals surface area contributed by atoms with Crippen LogP contribution in [0.1, 0.15) is 11.1 Å². The summed E-state index contributed by atoms with van der Waals surface area (Å²) in [6.07, 6.45) is 2.44. The van der Waals surface area contributed by atoms with Crippen molar-refractivity contribution in [1.82, 2.24) is 15.1 Å². The van der Waals surface area contributed by atoms with Gasteiger partial charge in [-0.25, -0.2) is 0 Å². The van der Waals surface area contributed by atoms with E-state index in [9.17, 15) is 4.79 Å². The number of amides is 1. The quantitative estimate of drug-likeness (QED) is 0.679. The normalized spacial score (nSPS) is 13.8. The molecule has 1 aromatic carbocycles. The van der Waals surface area contributed by atoms with E-state index in [4.69, 9.17) is 8.83 Å². The Bertz CT molecular complexity index is 844.